The Hall–Kier alpha value is -0.750. The van der Waals surface area contributed by atoms with Crippen LogP contribution in [-0.4, -0.2) is 55.2 Å². The second-order valence-corrected chi connectivity index (χ2v) is 9.54. The molecule has 2 aromatic rings. The zero-order valence-electron chi connectivity index (χ0n) is 17.7. The molecule has 162 valence electrons. The lowest BCUT2D eigenvalue weighted by Crippen LogP contribution is -2.46. The van der Waals surface area contributed by atoms with Crippen LogP contribution in [0.4, 0.5) is 0 Å². The summed E-state index contributed by atoms with van der Waals surface area (Å²) in [6, 6.07) is 4.80. The summed E-state index contributed by atoms with van der Waals surface area (Å²) < 4.78 is 5.56. The highest BCUT2D eigenvalue weighted by atomic mass is 127. The standard InChI is InChI=1S/C20H31N5OS2.HI/c1-5-21-20(23-13-19-15(3)24-16(4)28-19)22-12-17(18-7-6-14(2)27-18)25-8-10-26-11-9-25;/h6-7,17H,5,8-13H2,1-4H3,(H2,21,22,23);1H. The molecule has 1 aliphatic heterocycles. The Bertz CT molecular complexity index is 786. The van der Waals surface area contributed by atoms with Crippen LogP contribution >= 0.6 is 46.7 Å². The van der Waals surface area contributed by atoms with Crippen LogP contribution < -0.4 is 10.6 Å². The Kier molecular flexibility index (Phi) is 10.3. The van der Waals surface area contributed by atoms with Crippen molar-refractivity contribution in [2.24, 2.45) is 4.99 Å². The van der Waals surface area contributed by atoms with Crippen molar-refractivity contribution in [3.63, 3.8) is 0 Å². The summed E-state index contributed by atoms with van der Waals surface area (Å²) in [5.41, 5.74) is 1.09. The van der Waals surface area contributed by atoms with Crippen LogP contribution in [0.5, 0.6) is 0 Å². The summed E-state index contributed by atoms with van der Waals surface area (Å²) in [7, 11) is 0. The molecule has 0 spiro atoms. The first-order valence-corrected chi connectivity index (χ1v) is 11.5. The summed E-state index contributed by atoms with van der Waals surface area (Å²) >= 11 is 3.61. The van der Waals surface area contributed by atoms with Crippen LogP contribution in [0, 0.1) is 20.8 Å². The fourth-order valence-electron chi connectivity index (χ4n) is 3.34. The van der Waals surface area contributed by atoms with Crippen molar-refractivity contribution in [3.8, 4) is 0 Å². The van der Waals surface area contributed by atoms with Gasteiger partial charge in [0.2, 0.25) is 0 Å². The van der Waals surface area contributed by atoms with Crippen molar-refractivity contribution in [1.82, 2.24) is 20.5 Å². The lowest BCUT2D eigenvalue weighted by Gasteiger charge is -2.34. The number of aromatic nitrogens is 1. The Morgan fingerprint density at radius 3 is 2.55 bits per heavy atom. The van der Waals surface area contributed by atoms with Gasteiger partial charge in [-0.2, -0.15) is 0 Å². The number of guanidine groups is 1. The van der Waals surface area contributed by atoms with Crippen LogP contribution in [0.15, 0.2) is 17.1 Å². The number of aryl methyl sites for hydroxylation is 3. The van der Waals surface area contributed by atoms with E-state index in [2.05, 4.69) is 53.4 Å². The van der Waals surface area contributed by atoms with Gasteiger partial charge in [0, 0.05) is 40.8 Å². The first-order chi connectivity index (χ1) is 13.6. The maximum atomic E-state index is 5.56. The van der Waals surface area contributed by atoms with Gasteiger partial charge in [-0.15, -0.1) is 46.7 Å². The van der Waals surface area contributed by atoms with E-state index in [1.807, 2.05) is 18.3 Å². The van der Waals surface area contributed by atoms with Gasteiger partial charge in [-0.25, -0.2) is 9.98 Å². The molecule has 1 atom stereocenters. The molecule has 0 aliphatic carbocycles. The first-order valence-electron chi connectivity index (χ1n) is 9.90. The second-order valence-electron chi connectivity index (χ2n) is 6.93. The molecular weight excluding hydrogens is 517 g/mol. The molecule has 1 aliphatic rings. The minimum atomic E-state index is 0. The summed E-state index contributed by atoms with van der Waals surface area (Å²) in [6.45, 7) is 14.2. The van der Waals surface area contributed by atoms with Gasteiger partial charge in [0.15, 0.2) is 5.96 Å². The average Bonchev–Trinajstić information content (AvgIpc) is 3.25. The number of thiophene rings is 1. The van der Waals surface area contributed by atoms with E-state index in [0.29, 0.717) is 12.6 Å². The molecule has 0 radical (unpaired) electrons. The van der Waals surface area contributed by atoms with Crippen molar-refractivity contribution in [2.75, 3.05) is 39.4 Å². The third-order valence-corrected chi connectivity index (χ3v) is 6.92. The monoisotopic (exact) mass is 549 g/mol. The minimum absolute atomic E-state index is 0. The number of nitrogens with one attached hydrogen (secondary N) is 2. The third kappa shape index (κ3) is 7.16. The molecule has 9 heteroatoms. The predicted octanol–water partition coefficient (Wildman–Crippen LogP) is 3.88. The van der Waals surface area contributed by atoms with E-state index in [4.69, 9.17) is 9.73 Å². The number of hydrogen-bond acceptors (Lipinski definition) is 6. The van der Waals surface area contributed by atoms with Crippen LogP contribution in [0.2, 0.25) is 0 Å². The molecule has 1 saturated heterocycles. The number of rotatable bonds is 7. The molecule has 2 N–H and O–H groups in total. The van der Waals surface area contributed by atoms with Crippen molar-refractivity contribution >= 4 is 52.6 Å². The molecule has 3 rings (SSSR count). The van der Waals surface area contributed by atoms with E-state index in [1.165, 1.54) is 14.6 Å². The average molecular weight is 550 g/mol. The summed E-state index contributed by atoms with van der Waals surface area (Å²) in [5.74, 6) is 0.861. The van der Waals surface area contributed by atoms with Gasteiger partial charge in [0.05, 0.1) is 36.5 Å². The number of nitrogens with zero attached hydrogens (tertiary/aromatic N) is 3. The van der Waals surface area contributed by atoms with Crippen molar-refractivity contribution < 1.29 is 4.74 Å². The van der Waals surface area contributed by atoms with Gasteiger partial charge in [-0.3, -0.25) is 4.90 Å². The smallest absolute Gasteiger partial charge is 0.191 e. The van der Waals surface area contributed by atoms with Crippen molar-refractivity contribution in [2.45, 2.75) is 40.3 Å². The normalized spacial score (nSPS) is 16.3. The largest absolute Gasteiger partial charge is 0.379 e. The molecule has 1 unspecified atom stereocenters. The van der Waals surface area contributed by atoms with Crippen LogP contribution in [0.1, 0.15) is 38.3 Å². The van der Waals surface area contributed by atoms with Crippen molar-refractivity contribution in [3.05, 3.63) is 37.5 Å². The van der Waals surface area contributed by atoms with Gasteiger partial charge in [-0.1, -0.05) is 0 Å². The van der Waals surface area contributed by atoms with Crippen molar-refractivity contribution in [1.29, 1.82) is 0 Å². The number of hydrogen-bond donors (Lipinski definition) is 2. The molecule has 1 fully saturated rings. The highest BCUT2D eigenvalue weighted by molar-refractivity contribution is 14.0. The molecule has 0 aromatic carbocycles. The fourth-order valence-corrected chi connectivity index (χ4v) is 5.21. The van der Waals surface area contributed by atoms with Gasteiger partial charge in [0.1, 0.15) is 0 Å². The molecule has 6 nitrogen and oxygen atoms in total. The van der Waals surface area contributed by atoms with Crippen LogP contribution in [0.25, 0.3) is 0 Å². The zero-order chi connectivity index (χ0) is 19.9. The Balaban J connectivity index is 0.00000300. The van der Waals surface area contributed by atoms with Gasteiger partial charge >= 0.3 is 0 Å². The molecule has 0 bridgehead atoms. The van der Waals surface area contributed by atoms with E-state index in [9.17, 15) is 0 Å². The van der Waals surface area contributed by atoms with E-state index in [-0.39, 0.29) is 24.0 Å². The Labute approximate surface area is 199 Å². The number of aliphatic imine (C=N–C) groups is 1. The highest BCUT2D eigenvalue weighted by Gasteiger charge is 2.24. The lowest BCUT2D eigenvalue weighted by molar-refractivity contribution is 0.0177. The lowest BCUT2D eigenvalue weighted by atomic mass is 10.2. The van der Waals surface area contributed by atoms with E-state index < -0.39 is 0 Å². The maximum Gasteiger partial charge on any atom is 0.191 e. The van der Waals surface area contributed by atoms with Crippen LogP contribution in [0.3, 0.4) is 0 Å². The van der Waals surface area contributed by atoms with E-state index in [1.54, 1.807) is 11.3 Å². The number of halogens is 1. The quantitative estimate of drug-likeness (QED) is 0.312. The molecule has 2 aromatic heterocycles. The summed E-state index contributed by atoms with van der Waals surface area (Å²) in [5, 5.41) is 8.05. The molecule has 29 heavy (non-hydrogen) atoms. The summed E-state index contributed by atoms with van der Waals surface area (Å²) in [4.78, 5) is 15.8. The maximum absolute atomic E-state index is 5.56. The summed E-state index contributed by atoms with van der Waals surface area (Å²) in [6.07, 6.45) is 0. The number of ether oxygens (including phenoxy) is 1. The molecule has 3 heterocycles. The number of thiazole rings is 1. The van der Waals surface area contributed by atoms with E-state index in [0.717, 1.165) is 56.1 Å². The topological polar surface area (TPSA) is 61.8 Å². The molecular formula is C20H32IN5OS2. The van der Waals surface area contributed by atoms with Gasteiger partial charge in [0.25, 0.3) is 0 Å². The first kappa shape index (κ1) is 24.5. The zero-order valence-corrected chi connectivity index (χ0v) is 21.6. The highest BCUT2D eigenvalue weighted by Crippen LogP contribution is 2.28. The second kappa shape index (κ2) is 12.2. The third-order valence-electron chi connectivity index (χ3n) is 4.76. The van der Waals surface area contributed by atoms with Gasteiger partial charge < -0.3 is 15.4 Å². The van der Waals surface area contributed by atoms with Crippen LogP contribution in [-0.2, 0) is 11.3 Å². The molecule has 0 amide bonds. The van der Waals surface area contributed by atoms with E-state index >= 15 is 0 Å². The Morgan fingerprint density at radius 2 is 1.97 bits per heavy atom. The predicted molar refractivity (Wildman–Crippen MR) is 134 cm³/mol. The van der Waals surface area contributed by atoms with Gasteiger partial charge in [-0.05, 0) is 39.8 Å². The minimum Gasteiger partial charge on any atom is -0.379 e. The molecule has 0 saturated carbocycles. The fraction of sp³-hybridized carbons (Fsp3) is 0.600. The Morgan fingerprint density at radius 1 is 1.21 bits per heavy atom. The SMILES string of the molecule is CCNC(=NCc1sc(C)nc1C)NCC(c1ccc(C)s1)N1CCOCC1.I. The number of morpholine rings is 1.